The Bertz CT molecular complexity index is 196. The van der Waals surface area contributed by atoms with E-state index in [1.54, 1.807) is 0 Å². The summed E-state index contributed by atoms with van der Waals surface area (Å²) in [6, 6.07) is 0.346. The van der Waals surface area contributed by atoms with Gasteiger partial charge in [-0.05, 0) is 18.3 Å². The van der Waals surface area contributed by atoms with Crippen molar-refractivity contribution in [1.29, 1.82) is 0 Å². The summed E-state index contributed by atoms with van der Waals surface area (Å²) in [4.78, 5) is 11.1. The van der Waals surface area contributed by atoms with Crippen LogP contribution in [0.15, 0.2) is 0 Å². The van der Waals surface area contributed by atoms with Crippen LogP contribution in [0.2, 0.25) is 0 Å². The zero-order chi connectivity index (χ0) is 10.6. The second kappa shape index (κ2) is 4.78. The summed E-state index contributed by atoms with van der Waals surface area (Å²) >= 11 is 0. The van der Waals surface area contributed by atoms with E-state index in [2.05, 4.69) is 31.4 Å². The van der Waals surface area contributed by atoms with Crippen molar-refractivity contribution in [1.82, 2.24) is 10.6 Å². The lowest BCUT2D eigenvalue weighted by Crippen LogP contribution is -2.46. The summed E-state index contributed by atoms with van der Waals surface area (Å²) in [6.07, 6.45) is 2.85. The minimum absolute atomic E-state index is 0.207. The fourth-order valence-electron chi connectivity index (χ4n) is 1.66. The molecule has 3 nitrogen and oxygen atoms in total. The molecule has 1 heterocycles. The molecule has 0 radical (unpaired) electrons. The maximum atomic E-state index is 11.1. The van der Waals surface area contributed by atoms with Gasteiger partial charge in [-0.1, -0.05) is 20.8 Å². The van der Waals surface area contributed by atoms with E-state index in [1.165, 1.54) is 0 Å². The molecule has 0 bridgehead atoms. The quantitative estimate of drug-likeness (QED) is 0.717. The van der Waals surface area contributed by atoms with Crippen LogP contribution in [0.3, 0.4) is 0 Å². The van der Waals surface area contributed by atoms with E-state index in [4.69, 9.17) is 0 Å². The SMILES string of the molecule is CC(C)(C)CNC[C@@H]1CCCC(=O)N1. The van der Waals surface area contributed by atoms with Gasteiger partial charge in [0, 0.05) is 25.6 Å². The first kappa shape index (κ1) is 11.5. The third-order valence-electron chi connectivity index (χ3n) is 2.37. The fourth-order valence-corrected chi connectivity index (χ4v) is 1.66. The predicted octanol–water partition coefficient (Wildman–Crippen LogP) is 1.29. The lowest BCUT2D eigenvalue weighted by Gasteiger charge is -2.26. The van der Waals surface area contributed by atoms with Crippen LogP contribution in [-0.2, 0) is 4.79 Å². The molecular weight excluding hydrogens is 176 g/mol. The van der Waals surface area contributed by atoms with E-state index in [-0.39, 0.29) is 5.91 Å². The number of carbonyl (C=O) groups is 1. The molecule has 1 amide bonds. The van der Waals surface area contributed by atoms with Crippen molar-refractivity contribution in [3.63, 3.8) is 0 Å². The summed E-state index contributed by atoms with van der Waals surface area (Å²) in [6.45, 7) is 8.53. The molecule has 0 aromatic carbocycles. The highest BCUT2D eigenvalue weighted by Crippen LogP contribution is 2.11. The van der Waals surface area contributed by atoms with E-state index in [0.717, 1.165) is 25.9 Å². The van der Waals surface area contributed by atoms with Gasteiger partial charge in [-0.2, -0.15) is 0 Å². The molecule has 1 atom stereocenters. The molecule has 82 valence electrons. The van der Waals surface area contributed by atoms with E-state index in [1.807, 2.05) is 0 Å². The van der Waals surface area contributed by atoms with Crippen molar-refractivity contribution in [2.24, 2.45) is 5.41 Å². The average Bonchev–Trinajstić information content (AvgIpc) is 2.01. The van der Waals surface area contributed by atoms with Crippen LogP contribution in [0.5, 0.6) is 0 Å². The molecule has 1 saturated heterocycles. The van der Waals surface area contributed by atoms with Gasteiger partial charge in [-0.3, -0.25) is 4.79 Å². The molecule has 0 saturated carbocycles. The van der Waals surface area contributed by atoms with E-state index < -0.39 is 0 Å². The summed E-state index contributed by atoms with van der Waals surface area (Å²) in [5, 5.41) is 6.40. The van der Waals surface area contributed by atoms with Gasteiger partial charge in [0.1, 0.15) is 0 Å². The molecule has 2 N–H and O–H groups in total. The van der Waals surface area contributed by atoms with Crippen LogP contribution in [0.1, 0.15) is 40.0 Å². The van der Waals surface area contributed by atoms with Crippen LogP contribution in [0.4, 0.5) is 0 Å². The Morgan fingerprint density at radius 1 is 1.50 bits per heavy atom. The highest BCUT2D eigenvalue weighted by molar-refractivity contribution is 5.76. The van der Waals surface area contributed by atoms with Gasteiger partial charge < -0.3 is 10.6 Å². The molecule has 1 aliphatic heterocycles. The largest absolute Gasteiger partial charge is 0.352 e. The highest BCUT2D eigenvalue weighted by atomic mass is 16.1. The predicted molar refractivity (Wildman–Crippen MR) is 58.1 cm³/mol. The molecule has 0 aliphatic carbocycles. The molecule has 1 fully saturated rings. The number of hydrogen-bond acceptors (Lipinski definition) is 2. The summed E-state index contributed by atoms with van der Waals surface area (Å²) in [5.41, 5.74) is 0.318. The van der Waals surface area contributed by atoms with E-state index in [9.17, 15) is 4.79 Å². The van der Waals surface area contributed by atoms with Crippen molar-refractivity contribution in [2.75, 3.05) is 13.1 Å². The molecule has 0 unspecified atom stereocenters. The standard InChI is InChI=1S/C11H22N2O/c1-11(2,3)8-12-7-9-5-4-6-10(14)13-9/h9,12H,4-8H2,1-3H3,(H,13,14)/t9-/m0/s1. The molecule has 1 rings (SSSR count). The Labute approximate surface area is 86.6 Å². The average molecular weight is 198 g/mol. The van der Waals surface area contributed by atoms with Crippen molar-refractivity contribution in [3.05, 3.63) is 0 Å². The smallest absolute Gasteiger partial charge is 0.220 e. The highest BCUT2D eigenvalue weighted by Gasteiger charge is 2.18. The van der Waals surface area contributed by atoms with Crippen LogP contribution in [-0.4, -0.2) is 25.0 Å². The van der Waals surface area contributed by atoms with Gasteiger partial charge in [-0.25, -0.2) is 0 Å². The maximum absolute atomic E-state index is 11.1. The minimum Gasteiger partial charge on any atom is -0.352 e. The van der Waals surface area contributed by atoms with E-state index >= 15 is 0 Å². The number of rotatable bonds is 3. The van der Waals surface area contributed by atoms with Crippen LogP contribution < -0.4 is 10.6 Å². The third-order valence-corrected chi connectivity index (χ3v) is 2.37. The first-order valence-electron chi connectivity index (χ1n) is 5.47. The number of carbonyl (C=O) groups excluding carboxylic acids is 1. The third kappa shape index (κ3) is 4.61. The molecule has 1 aliphatic rings. The Morgan fingerprint density at radius 2 is 2.21 bits per heavy atom. The van der Waals surface area contributed by atoms with Crippen molar-refractivity contribution in [3.8, 4) is 0 Å². The monoisotopic (exact) mass is 198 g/mol. The lowest BCUT2D eigenvalue weighted by molar-refractivity contribution is -0.123. The molecule has 14 heavy (non-hydrogen) atoms. The fraction of sp³-hybridized carbons (Fsp3) is 0.909. The van der Waals surface area contributed by atoms with Gasteiger partial charge in [0.2, 0.25) is 5.91 Å². The van der Waals surface area contributed by atoms with E-state index in [0.29, 0.717) is 17.9 Å². The minimum atomic E-state index is 0.207. The molecule has 3 heteroatoms. The summed E-state index contributed by atoms with van der Waals surface area (Å²) in [7, 11) is 0. The Balaban J connectivity index is 2.15. The molecular formula is C11H22N2O. The Kier molecular flexibility index (Phi) is 3.93. The van der Waals surface area contributed by atoms with Crippen molar-refractivity contribution in [2.45, 2.75) is 46.1 Å². The first-order chi connectivity index (χ1) is 6.47. The number of piperidine rings is 1. The summed E-state index contributed by atoms with van der Waals surface area (Å²) < 4.78 is 0. The summed E-state index contributed by atoms with van der Waals surface area (Å²) in [5.74, 6) is 0.207. The van der Waals surface area contributed by atoms with Gasteiger partial charge in [0.05, 0.1) is 0 Å². The maximum Gasteiger partial charge on any atom is 0.220 e. The zero-order valence-electron chi connectivity index (χ0n) is 9.52. The lowest BCUT2D eigenvalue weighted by atomic mass is 9.96. The van der Waals surface area contributed by atoms with Crippen LogP contribution in [0, 0.1) is 5.41 Å². The topological polar surface area (TPSA) is 41.1 Å². The van der Waals surface area contributed by atoms with Crippen LogP contribution in [0.25, 0.3) is 0 Å². The van der Waals surface area contributed by atoms with Gasteiger partial charge >= 0.3 is 0 Å². The van der Waals surface area contributed by atoms with Gasteiger partial charge in [-0.15, -0.1) is 0 Å². The zero-order valence-corrected chi connectivity index (χ0v) is 9.52. The van der Waals surface area contributed by atoms with Crippen LogP contribution >= 0.6 is 0 Å². The van der Waals surface area contributed by atoms with Crippen molar-refractivity contribution < 1.29 is 4.79 Å². The van der Waals surface area contributed by atoms with Gasteiger partial charge in [0.15, 0.2) is 0 Å². The number of nitrogens with one attached hydrogen (secondary N) is 2. The molecule has 0 spiro atoms. The first-order valence-corrected chi connectivity index (χ1v) is 5.47. The Morgan fingerprint density at radius 3 is 2.79 bits per heavy atom. The normalized spacial score (nSPS) is 23.4. The second-order valence-electron chi connectivity index (χ2n) is 5.35. The van der Waals surface area contributed by atoms with Gasteiger partial charge in [0.25, 0.3) is 0 Å². The number of amides is 1. The second-order valence-corrected chi connectivity index (χ2v) is 5.35. The molecule has 0 aromatic heterocycles. The van der Waals surface area contributed by atoms with Crippen molar-refractivity contribution >= 4 is 5.91 Å². The number of hydrogen-bond donors (Lipinski definition) is 2. The molecule has 0 aromatic rings. The Hall–Kier alpha value is -0.570.